The van der Waals surface area contributed by atoms with Crippen LogP contribution in [0.3, 0.4) is 0 Å². The number of anilines is 1. The molecule has 0 saturated heterocycles. The van der Waals surface area contributed by atoms with Crippen molar-refractivity contribution in [2.24, 2.45) is 5.73 Å². The smallest absolute Gasteiger partial charge is 0.227 e. The molecule has 7 heteroatoms. The third-order valence-corrected chi connectivity index (χ3v) is 2.64. The Labute approximate surface area is 125 Å². The molecule has 0 spiro atoms. The molecule has 20 heavy (non-hydrogen) atoms. The van der Waals surface area contributed by atoms with Crippen molar-refractivity contribution in [3.8, 4) is 11.5 Å². The number of nitrogens with one attached hydrogen (secondary N) is 1. The number of hydrogen-bond donors (Lipinski definition) is 2. The Morgan fingerprint density at radius 2 is 1.75 bits per heavy atom. The molecular formula is C13H21ClN2O4. The van der Waals surface area contributed by atoms with E-state index in [2.05, 4.69) is 5.32 Å². The van der Waals surface area contributed by atoms with Gasteiger partial charge in [-0.2, -0.15) is 0 Å². The highest BCUT2D eigenvalue weighted by atomic mass is 35.5. The van der Waals surface area contributed by atoms with Crippen molar-refractivity contribution in [2.45, 2.75) is 12.5 Å². The van der Waals surface area contributed by atoms with Crippen LogP contribution in [-0.4, -0.2) is 39.9 Å². The molecule has 0 fully saturated rings. The minimum atomic E-state index is -0.285. The molecule has 0 aliphatic heterocycles. The molecule has 6 nitrogen and oxygen atoms in total. The van der Waals surface area contributed by atoms with Crippen molar-refractivity contribution < 1.29 is 19.0 Å². The SMILES string of the molecule is COc1cc(NC(=O)CC(CN)OC)cc(OC)c1.Cl. The number of benzene rings is 1. The summed E-state index contributed by atoms with van der Waals surface area (Å²) in [6, 6.07) is 5.16. The van der Waals surface area contributed by atoms with Crippen LogP contribution in [0.1, 0.15) is 6.42 Å². The van der Waals surface area contributed by atoms with E-state index in [1.165, 1.54) is 7.11 Å². The zero-order chi connectivity index (χ0) is 14.3. The number of rotatable bonds is 7. The number of methoxy groups -OCH3 is 3. The summed E-state index contributed by atoms with van der Waals surface area (Å²) in [5.74, 6) is 1.04. The molecule has 1 rings (SSSR count). The molecule has 0 aliphatic carbocycles. The number of ether oxygens (including phenoxy) is 3. The maximum atomic E-state index is 11.8. The highest BCUT2D eigenvalue weighted by molar-refractivity contribution is 5.91. The molecule has 1 unspecified atom stereocenters. The molecule has 1 atom stereocenters. The minimum Gasteiger partial charge on any atom is -0.497 e. The van der Waals surface area contributed by atoms with Crippen LogP contribution in [0.15, 0.2) is 18.2 Å². The van der Waals surface area contributed by atoms with Crippen LogP contribution in [0, 0.1) is 0 Å². The summed E-state index contributed by atoms with van der Waals surface area (Å²) in [4.78, 5) is 11.8. The second-order valence-electron chi connectivity index (χ2n) is 3.95. The van der Waals surface area contributed by atoms with Gasteiger partial charge in [-0.3, -0.25) is 4.79 Å². The van der Waals surface area contributed by atoms with Gasteiger partial charge in [-0.15, -0.1) is 12.4 Å². The van der Waals surface area contributed by atoms with Gasteiger partial charge in [0.25, 0.3) is 0 Å². The first-order valence-corrected chi connectivity index (χ1v) is 5.88. The fourth-order valence-corrected chi connectivity index (χ4v) is 1.56. The summed E-state index contributed by atoms with van der Waals surface area (Å²) in [5, 5.41) is 2.76. The summed E-state index contributed by atoms with van der Waals surface area (Å²) in [5.41, 5.74) is 6.08. The Morgan fingerprint density at radius 1 is 1.20 bits per heavy atom. The van der Waals surface area contributed by atoms with Crippen LogP contribution < -0.4 is 20.5 Å². The van der Waals surface area contributed by atoms with Gasteiger partial charge in [-0.25, -0.2) is 0 Å². The number of amides is 1. The Kier molecular flexibility index (Phi) is 8.71. The van der Waals surface area contributed by atoms with Gasteiger partial charge in [0.1, 0.15) is 11.5 Å². The predicted octanol–water partition coefficient (Wildman–Crippen LogP) is 1.43. The Morgan fingerprint density at radius 3 is 2.15 bits per heavy atom. The van der Waals surface area contributed by atoms with Crippen molar-refractivity contribution in [2.75, 3.05) is 33.2 Å². The van der Waals surface area contributed by atoms with Crippen molar-refractivity contribution in [3.05, 3.63) is 18.2 Å². The largest absolute Gasteiger partial charge is 0.497 e. The van der Waals surface area contributed by atoms with Crippen LogP contribution in [0.25, 0.3) is 0 Å². The van der Waals surface area contributed by atoms with E-state index in [0.29, 0.717) is 23.7 Å². The van der Waals surface area contributed by atoms with E-state index < -0.39 is 0 Å². The minimum absolute atomic E-state index is 0. The second-order valence-corrected chi connectivity index (χ2v) is 3.95. The van der Waals surface area contributed by atoms with Gasteiger partial charge in [-0.1, -0.05) is 0 Å². The number of hydrogen-bond acceptors (Lipinski definition) is 5. The predicted molar refractivity (Wildman–Crippen MR) is 79.9 cm³/mol. The van der Waals surface area contributed by atoms with Crippen LogP contribution in [0.2, 0.25) is 0 Å². The normalized spacial score (nSPS) is 11.2. The lowest BCUT2D eigenvalue weighted by atomic mass is 10.2. The summed E-state index contributed by atoms with van der Waals surface area (Å²) >= 11 is 0. The van der Waals surface area contributed by atoms with Gasteiger partial charge in [0.2, 0.25) is 5.91 Å². The monoisotopic (exact) mass is 304 g/mol. The standard InChI is InChI=1S/C13H20N2O4.ClH/c1-17-10-4-9(5-11(6-10)18-2)15-13(16)7-12(8-14)19-3;/h4-6,12H,7-8,14H2,1-3H3,(H,15,16);1H. The van der Waals surface area contributed by atoms with Gasteiger partial charge < -0.3 is 25.3 Å². The number of halogens is 1. The molecule has 1 aromatic rings. The maximum Gasteiger partial charge on any atom is 0.227 e. The number of carbonyl (C=O) groups excluding carboxylic acids is 1. The fourth-order valence-electron chi connectivity index (χ4n) is 1.56. The number of carbonyl (C=O) groups is 1. The second kappa shape index (κ2) is 9.41. The molecule has 114 valence electrons. The molecule has 0 bridgehead atoms. The molecular weight excluding hydrogens is 284 g/mol. The summed E-state index contributed by atoms with van der Waals surface area (Å²) < 4.78 is 15.3. The van der Waals surface area contributed by atoms with E-state index in [4.69, 9.17) is 19.9 Å². The highest BCUT2D eigenvalue weighted by Crippen LogP contribution is 2.25. The zero-order valence-corrected chi connectivity index (χ0v) is 12.7. The lowest BCUT2D eigenvalue weighted by Gasteiger charge is -2.13. The third-order valence-electron chi connectivity index (χ3n) is 2.64. The third kappa shape index (κ3) is 5.64. The molecule has 0 heterocycles. The van der Waals surface area contributed by atoms with E-state index in [0.717, 1.165) is 0 Å². The highest BCUT2D eigenvalue weighted by Gasteiger charge is 2.12. The van der Waals surface area contributed by atoms with Crippen LogP contribution >= 0.6 is 12.4 Å². The molecule has 1 aromatic carbocycles. The van der Waals surface area contributed by atoms with Gasteiger partial charge in [0.15, 0.2) is 0 Å². The van der Waals surface area contributed by atoms with Crippen LogP contribution in [-0.2, 0) is 9.53 Å². The van der Waals surface area contributed by atoms with Crippen LogP contribution in [0.4, 0.5) is 5.69 Å². The average molecular weight is 305 g/mol. The molecule has 0 aromatic heterocycles. The molecule has 3 N–H and O–H groups in total. The molecule has 0 saturated carbocycles. The lowest BCUT2D eigenvalue weighted by Crippen LogP contribution is -2.28. The van der Waals surface area contributed by atoms with Crippen LogP contribution in [0.5, 0.6) is 11.5 Å². The summed E-state index contributed by atoms with van der Waals surface area (Å²) in [6.07, 6.45) is -0.0838. The quantitative estimate of drug-likeness (QED) is 0.796. The zero-order valence-electron chi connectivity index (χ0n) is 11.8. The van der Waals surface area contributed by atoms with Gasteiger partial charge in [0.05, 0.1) is 26.7 Å². The van der Waals surface area contributed by atoms with E-state index in [1.54, 1.807) is 32.4 Å². The van der Waals surface area contributed by atoms with Crippen molar-refractivity contribution >= 4 is 24.0 Å². The van der Waals surface area contributed by atoms with E-state index in [1.807, 2.05) is 0 Å². The van der Waals surface area contributed by atoms with E-state index in [9.17, 15) is 4.79 Å². The average Bonchev–Trinajstić information content (AvgIpc) is 2.44. The summed E-state index contributed by atoms with van der Waals surface area (Å²) in [7, 11) is 4.63. The summed E-state index contributed by atoms with van der Waals surface area (Å²) in [6.45, 7) is 0.297. The Hall–Kier alpha value is -1.50. The van der Waals surface area contributed by atoms with E-state index in [-0.39, 0.29) is 30.8 Å². The fraction of sp³-hybridized carbons (Fsp3) is 0.462. The molecule has 0 radical (unpaired) electrons. The van der Waals surface area contributed by atoms with Crippen molar-refractivity contribution in [1.82, 2.24) is 0 Å². The Bertz CT molecular complexity index is 403. The van der Waals surface area contributed by atoms with Crippen molar-refractivity contribution in [1.29, 1.82) is 0 Å². The maximum absolute atomic E-state index is 11.8. The lowest BCUT2D eigenvalue weighted by molar-refractivity contribution is -0.118. The van der Waals surface area contributed by atoms with E-state index >= 15 is 0 Å². The topological polar surface area (TPSA) is 82.8 Å². The first-order chi connectivity index (χ1) is 9.12. The molecule has 0 aliphatic rings. The first kappa shape index (κ1) is 18.5. The van der Waals surface area contributed by atoms with Gasteiger partial charge in [-0.05, 0) is 0 Å². The molecule has 1 amide bonds. The van der Waals surface area contributed by atoms with Crippen molar-refractivity contribution in [3.63, 3.8) is 0 Å². The number of nitrogens with two attached hydrogens (primary N) is 1. The van der Waals surface area contributed by atoms with Gasteiger partial charge >= 0.3 is 0 Å². The van der Waals surface area contributed by atoms with Gasteiger partial charge in [0, 0.05) is 37.5 Å². The first-order valence-electron chi connectivity index (χ1n) is 5.88. The Balaban J connectivity index is 0.00000361.